The van der Waals surface area contributed by atoms with E-state index in [2.05, 4.69) is 37.4 Å². The second-order valence-electron chi connectivity index (χ2n) is 10.3. The molecular formula is C28H34O3S. The molecule has 0 unspecified atom stereocenters. The summed E-state index contributed by atoms with van der Waals surface area (Å²) < 4.78 is 0. The van der Waals surface area contributed by atoms with Gasteiger partial charge in [-0.1, -0.05) is 42.8 Å². The van der Waals surface area contributed by atoms with E-state index in [9.17, 15) is 15.0 Å². The first-order valence-corrected chi connectivity index (χ1v) is 13.2. The molecule has 4 aliphatic rings. The van der Waals surface area contributed by atoms with Crippen LogP contribution < -0.4 is 0 Å². The van der Waals surface area contributed by atoms with Gasteiger partial charge in [-0.3, -0.25) is 4.79 Å². The average Bonchev–Trinajstić information content (AvgIpc) is 3.07. The summed E-state index contributed by atoms with van der Waals surface area (Å²) in [5.74, 6) is 1.40. The Morgan fingerprint density at radius 2 is 2.00 bits per heavy atom. The minimum Gasteiger partial charge on any atom is -0.392 e. The Balaban J connectivity index is 1.70. The van der Waals surface area contributed by atoms with Crippen molar-refractivity contribution < 1.29 is 15.0 Å². The van der Waals surface area contributed by atoms with E-state index in [1.54, 1.807) is 23.4 Å². The van der Waals surface area contributed by atoms with Gasteiger partial charge in [0.2, 0.25) is 0 Å². The van der Waals surface area contributed by atoms with E-state index in [0.717, 1.165) is 38.5 Å². The molecule has 0 amide bonds. The number of allylic oxidation sites excluding steroid dienone is 4. The molecule has 2 fully saturated rings. The number of rotatable bonds is 4. The molecule has 1 aromatic rings. The van der Waals surface area contributed by atoms with Crippen LogP contribution in [0.25, 0.3) is 0 Å². The van der Waals surface area contributed by atoms with Crippen LogP contribution >= 0.6 is 11.8 Å². The second-order valence-corrected chi connectivity index (χ2v) is 11.1. The van der Waals surface area contributed by atoms with Crippen molar-refractivity contribution in [1.82, 2.24) is 0 Å². The van der Waals surface area contributed by atoms with Crippen LogP contribution in [0.3, 0.4) is 0 Å². The monoisotopic (exact) mass is 450 g/mol. The van der Waals surface area contributed by atoms with Crippen molar-refractivity contribution in [2.75, 3.05) is 12.9 Å². The molecule has 5 rings (SSSR count). The Hall–Kier alpha value is -1.62. The van der Waals surface area contributed by atoms with Crippen molar-refractivity contribution >= 4 is 17.5 Å². The Morgan fingerprint density at radius 1 is 1.19 bits per heavy atom. The van der Waals surface area contributed by atoms with Gasteiger partial charge >= 0.3 is 0 Å². The summed E-state index contributed by atoms with van der Waals surface area (Å²) in [4.78, 5) is 13.5. The summed E-state index contributed by atoms with van der Waals surface area (Å²) in [5.41, 5.74) is 4.53. The van der Waals surface area contributed by atoms with Crippen molar-refractivity contribution in [2.45, 2.75) is 68.3 Å². The number of fused-ring (bicyclic) bond motifs is 4. The first-order chi connectivity index (χ1) is 15.4. The predicted octanol–water partition coefficient (Wildman–Crippen LogP) is 5.59. The topological polar surface area (TPSA) is 57.5 Å². The fourth-order valence-corrected chi connectivity index (χ4v) is 8.11. The lowest BCUT2D eigenvalue weighted by atomic mass is 9.51. The van der Waals surface area contributed by atoms with E-state index >= 15 is 0 Å². The highest BCUT2D eigenvalue weighted by Gasteiger charge is 2.62. The van der Waals surface area contributed by atoms with Crippen molar-refractivity contribution in [3.8, 4) is 0 Å². The highest BCUT2D eigenvalue weighted by molar-refractivity contribution is 7.98. The van der Waals surface area contributed by atoms with Gasteiger partial charge in [0.1, 0.15) is 0 Å². The largest absolute Gasteiger partial charge is 0.392 e. The lowest BCUT2D eigenvalue weighted by Crippen LogP contribution is -2.50. The number of hydrogen-bond donors (Lipinski definition) is 2. The number of benzene rings is 1. The molecule has 2 N–H and O–H groups in total. The van der Waals surface area contributed by atoms with E-state index < -0.39 is 5.60 Å². The molecular weight excluding hydrogens is 416 g/mol. The van der Waals surface area contributed by atoms with Crippen LogP contribution in [0.4, 0.5) is 0 Å². The van der Waals surface area contributed by atoms with Crippen LogP contribution in [0.5, 0.6) is 0 Å². The normalized spacial score (nSPS) is 36.7. The molecule has 5 atom stereocenters. The van der Waals surface area contributed by atoms with Gasteiger partial charge in [-0.15, -0.1) is 11.8 Å². The number of ketones is 1. The number of aliphatic hydroxyl groups is 2. The molecule has 0 spiro atoms. The fourth-order valence-electron chi connectivity index (χ4n) is 7.45. The highest BCUT2D eigenvalue weighted by Crippen LogP contribution is 2.67. The second kappa shape index (κ2) is 8.30. The zero-order valence-electron chi connectivity index (χ0n) is 19.1. The molecule has 2 saturated carbocycles. The molecule has 0 radical (unpaired) electrons. The van der Waals surface area contributed by atoms with Gasteiger partial charge in [-0.25, -0.2) is 0 Å². The van der Waals surface area contributed by atoms with E-state index in [-0.39, 0.29) is 23.7 Å². The Morgan fingerprint density at radius 3 is 2.78 bits per heavy atom. The van der Waals surface area contributed by atoms with Crippen LogP contribution in [-0.4, -0.2) is 34.5 Å². The summed E-state index contributed by atoms with van der Waals surface area (Å²) >= 11 is 1.80. The maximum atomic E-state index is 12.2. The number of thioether (sulfide) groups is 1. The van der Waals surface area contributed by atoms with E-state index in [1.807, 2.05) is 12.2 Å². The molecule has 4 aliphatic carbocycles. The lowest BCUT2D eigenvalue weighted by molar-refractivity contribution is -0.114. The number of hydrogen-bond acceptors (Lipinski definition) is 4. The minimum absolute atomic E-state index is 0.0390. The van der Waals surface area contributed by atoms with Gasteiger partial charge < -0.3 is 10.2 Å². The van der Waals surface area contributed by atoms with Crippen molar-refractivity contribution in [1.29, 1.82) is 0 Å². The molecule has 32 heavy (non-hydrogen) atoms. The quantitative estimate of drug-likeness (QED) is 0.464. The first-order valence-electron chi connectivity index (χ1n) is 12.0. The molecule has 1 aromatic carbocycles. The third kappa shape index (κ3) is 3.29. The summed E-state index contributed by atoms with van der Waals surface area (Å²) in [6, 6.07) is 8.74. The van der Waals surface area contributed by atoms with Crippen LogP contribution in [0, 0.1) is 17.3 Å². The molecule has 0 bridgehead atoms. The van der Waals surface area contributed by atoms with Gasteiger partial charge in [-0.05, 0) is 85.5 Å². The average molecular weight is 451 g/mol. The fraction of sp³-hybridized carbons (Fsp3) is 0.536. The third-order valence-corrected chi connectivity index (χ3v) is 9.77. The molecule has 0 aromatic heterocycles. The van der Waals surface area contributed by atoms with Crippen LogP contribution in [0.2, 0.25) is 0 Å². The SMILES string of the molecule is CSc1ccccc1[C@H]1C[C@@]2(C)[C@@H](CC[C@@]2(O)C=CCO)[C@@H]2CCC3=CC(=O)CCC3=C21. The third-order valence-electron chi connectivity index (χ3n) is 8.96. The van der Waals surface area contributed by atoms with E-state index in [1.165, 1.54) is 21.6 Å². The Kier molecular flexibility index (Phi) is 5.76. The molecule has 0 heterocycles. The van der Waals surface area contributed by atoms with Gasteiger partial charge in [-0.2, -0.15) is 0 Å². The zero-order chi connectivity index (χ0) is 22.5. The molecule has 3 nitrogen and oxygen atoms in total. The predicted molar refractivity (Wildman–Crippen MR) is 130 cm³/mol. The molecule has 4 heteroatoms. The van der Waals surface area contributed by atoms with Crippen molar-refractivity contribution in [3.05, 3.63) is 64.8 Å². The van der Waals surface area contributed by atoms with Crippen LogP contribution in [0.15, 0.2) is 64.1 Å². The minimum atomic E-state index is -0.887. The van der Waals surface area contributed by atoms with E-state index in [4.69, 9.17) is 0 Å². The number of aliphatic hydroxyl groups excluding tert-OH is 1. The smallest absolute Gasteiger partial charge is 0.156 e. The van der Waals surface area contributed by atoms with Crippen molar-refractivity contribution in [3.63, 3.8) is 0 Å². The van der Waals surface area contributed by atoms with Crippen molar-refractivity contribution in [2.24, 2.45) is 17.3 Å². The summed E-state index contributed by atoms with van der Waals surface area (Å²) in [5, 5.41) is 21.3. The van der Waals surface area contributed by atoms with E-state index in [0.29, 0.717) is 18.3 Å². The summed E-state index contributed by atoms with van der Waals surface area (Å²) in [6.07, 6.45) is 13.9. The van der Waals surface area contributed by atoms with Crippen LogP contribution in [-0.2, 0) is 4.79 Å². The van der Waals surface area contributed by atoms with Crippen LogP contribution in [0.1, 0.15) is 63.4 Å². The van der Waals surface area contributed by atoms with Gasteiger partial charge in [0, 0.05) is 22.6 Å². The van der Waals surface area contributed by atoms with Gasteiger partial charge in [0.25, 0.3) is 0 Å². The molecule has 170 valence electrons. The lowest BCUT2D eigenvalue weighted by Gasteiger charge is -2.54. The molecule has 0 aliphatic heterocycles. The summed E-state index contributed by atoms with van der Waals surface area (Å²) in [6.45, 7) is 2.25. The number of carbonyl (C=O) groups is 1. The standard InChI is InChI=1S/C28H34O3S/c1-27-17-23(21-6-3-4-7-25(21)32-2)26-20-11-9-19(30)16-18(20)8-10-22(26)24(27)12-14-28(27,31)13-5-15-29/h3-7,13,16,22-24,29,31H,8-12,14-15,17H2,1-2H3/t22-,23+,24-,27-,28-/m0/s1. The number of carbonyl (C=O) groups excluding carboxylic acids is 1. The Bertz CT molecular complexity index is 1020. The highest BCUT2D eigenvalue weighted by atomic mass is 32.2. The van der Waals surface area contributed by atoms with Gasteiger partial charge in [0.15, 0.2) is 5.78 Å². The summed E-state index contributed by atoms with van der Waals surface area (Å²) in [7, 11) is 0. The zero-order valence-corrected chi connectivity index (χ0v) is 20.0. The maximum Gasteiger partial charge on any atom is 0.156 e. The molecule has 0 saturated heterocycles. The maximum absolute atomic E-state index is 12.2. The Labute approximate surface area is 195 Å². The van der Waals surface area contributed by atoms with Gasteiger partial charge in [0.05, 0.1) is 12.2 Å². The first kappa shape index (κ1) is 22.2.